The number of hydrogen-bond donors (Lipinski definition) is 0. The molecule has 3 aliphatic rings. The Balaban J connectivity index is 1.40. The van der Waals surface area contributed by atoms with Gasteiger partial charge in [-0.15, -0.1) is 0 Å². The second-order valence-corrected chi connectivity index (χ2v) is 8.58. The molecule has 0 bridgehead atoms. The normalized spacial score (nSPS) is 21.2. The van der Waals surface area contributed by atoms with Crippen molar-refractivity contribution in [1.29, 1.82) is 0 Å². The van der Waals surface area contributed by atoms with E-state index >= 15 is 0 Å². The first-order valence-electron chi connectivity index (χ1n) is 10.5. The van der Waals surface area contributed by atoms with Gasteiger partial charge in [0.2, 0.25) is 5.91 Å². The van der Waals surface area contributed by atoms with E-state index in [2.05, 4.69) is 35.2 Å². The van der Waals surface area contributed by atoms with Crippen molar-refractivity contribution in [2.45, 2.75) is 37.6 Å². The van der Waals surface area contributed by atoms with Gasteiger partial charge in [0.25, 0.3) is 0 Å². The molecule has 0 radical (unpaired) electrons. The Kier molecular flexibility index (Phi) is 4.39. The fourth-order valence-electron chi connectivity index (χ4n) is 4.93. The second-order valence-electron chi connectivity index (χ2n) is 8.58. The summed E-state index contributed by atoms with van der Waals surface area (Å²) in [6, 6.07) is 16.5. The van der Waals surface area contributed by atoms with Gasteiger partial charge >= 0.3 is 0 Å². The zero-order valence-corrected chi connectivity index (χ0v) is 16.6. The van der Waals surface area contributed by atoms with E-state index in [9.17, 15) is 4.79 Å². The molecule has 0 atom stereocenters. The number of rotatable bonds is 5. The lowest BCUT2D eigenvalue weighted by molar-refractivity contribution is -0.125. The third-order valence-electron chi connectivity index (χ3n) is 6.79. The Hall–Kier alpha value is -2.33. The first-order valence-corrected chi connectivity index (χ1v) is 10.5. The lowest BCUT2D eigenvalue weighted by atomic mass is 9.73. The third-order valence-corrected chi connectivity index (χ3v) is 6.79. The standard InChI is InChI=1S/C24H28N2O2/c1-28-20-10-8-19(9-11-20)17-26-22-5-3-2-4-21(22)24(23(26)27)12-14-25(15-13-24)16-18-6-7-18/h2-5,8-11,18H,6-7,12-17H2,1H3. The van der Waals surface area contributed by atoms with E-state index in [0.717, 1.165) is 48.8 Å². The number of piperidine rings is 1. The van der Waals surface area contributed by atoms with Crippen LogP contribution in [-0.4, -0.2) is 37.6 Å². The van der Waals surface area contributed by atoms with Crippen molar-refractivity contribution in [2.75, 3.05) is 31.6 Å². The van der Waals surface area contributed by atoms with Crippen LogP contribution >= 0.6 is 0 Å². The molecular formula is C24H28N2O2. The molecule has 1 amide bonds. The maximum atomic E-state index is 13.7. The summed E-state index contributed by atoms with van der Waals surface area (Å²) in [4.78, 5) is 18.3. The lowest BCUT2D eigenvalue weighted by Gasteiger charge is -2.38. The number of methoxy groups -OCH3 is 1. The molecule has 2 aliphatic heterocycles. The van der Waals surface area contributed by atoms with Crippen LogP contribution in [-0.2, 0) is 16.8 Å². The predicted octanol–water partition coefficient (Wildman–Crippen LogP) is 3.99. The number of carbonyl (C=O) groups excluding carboxylic acids is 1. The number of nitrogens with zero attached hydrogens (tertiary/aromatic N) is 2. The van der Waals surface area contributed by atoms with Gasteiger partial charge in [0.15, 0.2) is 0 Å². The van der Waals surface area contributed by atoms with E-state index < -0.39 is 0 Å². The first-order chi connectivity index (χ1) is 13.7. The monoisotopic (exact) mass is 376 g/mol. The molecule has 0 aromatic heterocycles. The molecule has 0 N–H and O–H groups in total. The van der Waals surface area contributed by atoms with Gasteiger partial charge < -0.3 is 14.5 Å². The van der Waals surface area contributed by atoms with Gasteiger partial charge in [-0.05, 0) is 74.0 Å². The molecule has 2 aromatic carbocycles. The van der Waals surface area contributed by atoms with Crippen LogP contribution in [0.3, 0.4) is 0 Å². The molecule has 4 nitrogen and oxygen atoms in total. The van der Waals surface area contributed by atoms with Gasteiger partial charge in [0, 0.05) is 12.2 Å². The quantitative estimate of drug-likeness (QED) is 0.791. The highest BCUT2D eigenvalue weighted by molar-refractivity contribution is 6.08. The van der Waals surface area contributed by atoms with Crippen LogP contribution in [0.1, 0.15) is 36.8 Å². The highest BCUT2D eigenvalue weighted by atomic mass is 16.5. The number of ether oxygens (including phenoxy) is 1. The molecule has 0 unspecified atom stereocenters. The number of carbonyl (C=O) groups is 1. The molecule has 2 aromatic rings. The summed E-state index contributed by atoms with van der Waals surface area (Å²) < 4.78 is 5.26. The second kappa shape index (κ2) is 6.93. The minimum Gasteiger partial charge on any atom is -0.497 e. The Morgan fingerprint density at radius 3 is 2.43 bits per heavy atom. The smallest absolute Gasteiger partial charge is 0.238 e. The highest BCUT2D eigenvalue weighted by Gasteiger charge is 2.51. The van der Waals surface area contributed by atoms with Crippen LogP contribution in [0.15, 0.2) is 48.5 Å². The SMILES string of the molecule is COc1ccc(CN2C(=O)C3(CCN(CC4CC4)CC3)c3ccccc32)cc1. The molecule has 5 rings (SSSR count). The van der Waals surface area contributed by atoms with E-state index in [1.54, 1.807) is 7.11 Å². The van der Waals surface area contributed by atoms with Crippen molar-refractivity contribution in [3.05, 3.63) is 59.7 Å². The van der Waals surface area contributed by atoms with E-state index in [1.165, 1.54) is 24.9 Å². The number of fused-ring (bicyclic) bond motifs is 2. The van der Waals surface area contributed by atoms with E-state index in [-0.39, 0.29) is 11.3 Å². The fraction of sp³-hybridized carbons (Fsp3) is 0.458. The zero-order valence-electron chi connectivity index (χ0n) is 16.6. The molecular weight excluding hydrogens is 348 g/mol. The Morgan fingerprint density at radius 1 is 1.04 bits per heavy atom. The minimum atomic E-state index is -0.330. The van der Waals surface area contributed by atoms with Gasteiger partial charge in [0.05, 0.1) is 19.1 Å². The topological polar surface area (TPSA) is 32.8 Å². The summed E-state index contributed by atoms with van der Waals surface area (Å²) in [5, 5.41) is 0. The van der Waals surface area contributed by atoms with Crippen molar-refractivity contribution in [2.24, 2.45) is 5.92 Å². The van der Waals surface area contributed by atoms with Crippen LogP contribution in [0.2, 0.25) is 0 Å². The molecule has 1 saturated heterocycles. The summed E-state index contributed by atoms with van der Waals surface area (Å²) in [7, 11) is 1.68. The average molecular weight is 377 g/mol. The van der Waals surface area contributed by atoms with Crippen molar-refractivity contribution in [1.82, 2.24) is 4.90 Å². The van der Waals surface area contributed by atoms with Crippen LogP contribution in [0.5, 0.6) is 5.75 Å². The zero-order chi connectivity index (χ0) is 19.1. The first kappa shape index (κ1) is 17.7. The largest absolute Gasteiger partial charge is 0.497 e. The third kappa shape index (κ3) is 3.00. The number of amides is 1. The number of likely N-dealkylation sites (tertiary alicyclic amines) is 1. The van der Waals surface area contributed by atoms with Gasteiger partial charge in [-0.25, -0.2) is 0 Å². The van der Waals surface area contributed by atoms with E-state index in [0.29, 0.717) is 6.54 Å². The van der Waals surface area contributed by atoms with Gasteiger partial charge in [-0.3, -0.25) is 4.79 Å². The van der Waals surface area contributed by atoms with Gasteiger partial charge in [-0.1, -0.05) is 30.3 Å². The summed E-state index contributed by atoms with van der Waals surface area (Å²) in [5.41, 5.74) is 3.13. The molecule has 1 saturated carbocycles. The van der Waals surface area contributed by atoms with Gasteiger partial charge in [0.1, 0.15) is 5.75 Å². The average Bonchev–Trinajstić information content (AvgIpc) is 3.53. The molecule has 4 heteroatoms. The highest BCUT2D eigenvalue weighted by Crippen LogP contribution is 2.48. The minimum absolute atomic E-state index is 0.288. The molecule has 1 aliphatic carbocycles. The number of hydrogen-bond acceptors (Lipinski definition) is 3. The number of para-hydroxylation sites is 1. The molecule has 2 fully saturated rings. The molecule has 1 spiro atoms. The predicted molar refractivity (Wildman–Crippen MR) is 111 cm³/mol. The number of anilines is 1. The van der Waals surface area contributed by atoms with E-state index in [1.807, 2.05) is 23.1 Å². The fourth-order valence-corrected chi connectivity index (χ4v) is 4.93. The van der Waals surface area contributed by atoms with Crippen molar-refractivity contribution >= 4 is 11.6 Å². The number of benzene rings is 2. The lowest BCUT2D eigenvalue weighted by Crippen LogP contribution is -2.49. The van der Waals surface area contributed by atoms with Crippen LogP contribution in [0.4, 0.5) is 5.69 Å². The summed E-state index contributed by atoms with van der Waals surface area (Å²) >= 11 is 0. The summed E-state index contributed by atoms with van der Waals surface area (Å²) in [6.45, 7) is 3.91. The van der Waals surface area contributed by atoms with Crippen molar-refractivity contribution in [3.8, 4) is 5.75 Å². The van der Waals surface area contributed by atoms with Gasteiger partial charge in [-0.2, -0.15) is 0 Å². The maximum absolute atomic E-state index is 13.7. The molecule has 2 heterocycles. The summed E-state index contributed by atoms with van der Waals surface area (Å²) in [6.07, 6.45) is 4.65. The van der Waals surface area contributed by atoms with Crippen LogP contribution in [0, 0.1) is 5.92 Å². The molecule has 28 heavy (non-hydrogen) atoms. The Morgan fingerprint density at radius 2 is 1.75 bits per heavy atom. The molecule has 146 valence electrons. The summed E-state index contributed by atoms with van der Waals surface area (Å²) in [5.74, 6) is 2.04. The van der Waals surface area contributed by atoms with Crippen molar-refractivity contribution < 1.29 is 9.53 Å². The Bertz CT molecular complexity index is 864. The van der Waals surface area contributed by atoms with Crippen LogP contribution < -0.4 is 9.64 Å². The van der Waals surface area contributed by atoms with Crippen molar-refractivity contribution in [3.63, 3.8) is 0 Å². The van der Waals surface area contributed by atoms with Crippen LogP contribution in [0.25, 0.3) is 0 Å². The Labute approximate surface area is 167 Å². The maximum Gasteiger partial charge on any atom is 0.238 e. The van der Waals surface area contributed by atoms with E-state index in [4.69, 9.17) is 4.74 Å².